The van der Waals surface area contributed by atoms with Crippen LogP contribution in [0.5, 0.6) is 0 Å². The van der Waals surface area contributed by atoms with Gasteiger partial charge < -0.3 is 5.32 Å². The van der Waals surface area contributed by atoms with E-state index in [-0.39, 0.29) is 17.6 Å². The van der Waals surface area contributed by atoms with Crippen molar-refractivity contribution >= 4 is 17.7 Å². The molecule has 0 spiro atoms. The molecule has 112 valence electrons. The van der Waals surface area contributed by atoms with E-state index in [9.17, 15) is 14.9 Å². The minimum Gasteiger partial charge on any atom is -0.350 e. The molecule has 1 aromatic rings. The summed E-state index contributed by atoms with van der Waals surface area (Å²) in [5.74, 6) is 0.519. The molecular weight excluding hydrogens is 268 g/mol. The fourth-order valence-corrected chi connectivity index (χ4v) is 2.73. The lowest BCUT2D eigenvalue weighted by Crippen LogP contribution is -2.36. The van der Waals surface area contributed by atoms with Crippen molar-refractivity contribution < 1.29 is 9.72 Å². The number of hydrogen-bond acceptors (Lipinski definition) is 3. The maximum atomic E-state index is 11.9. The predicted molar refractivity (Wildman–Crippen MR) is 81.7 cm³/mol. The number of nitrogens with one attached hydrogen (secondary N) is 1. The average molecular weight is 288 g/mol. The smallest absolute Gasteiger partial charge is 0.270 e. The summed E-state index contributed by atoms with van der Waals surface area (Å²) in [5, 5.41) is 13.7. The molecule has 2 unspecified atom stereocenters. The molecule has 2 atom stereocenters. The Bertz CT molecular complexity index is 554. The van der Waals surface area contributed by atoms with E-state index in [0.717, 1.165) is 19.3 Å². The van der Waals surface area contributed by atoms with Crippen molar-refractivity contribution in [1.29, 1.82) is 0 Å². The molecule has 5 nitrogen and oxygen atoms in total. The number of benzene rings is 1. The second-order valence-corrected chi connectivity index (χ2v) is 5.66. The molecule has 1 saturated carbocycles. The minimum absolute atomic E-state index is 0.0265. The van der Waals surface area contributed by atoms with Crippen LogP contribution in [0.2, 0.25) is 0 Å². The van der Waals surface area contributed by atoms with Gasteiger partial charge >= 0.3 is 0 Å². The first kappa shape index (κ1) is 15.2. The quantitative estimate of drug-likeness (QED) is 0.525. The fourth-order valence-electron chi connectivity index (χ4n) is 2.73. The number of carbonyl (C=O) groups excluding carboxylic acids is 1. The highest BCUT2D eigenvalue weighted by atomic mass is 16.6. The Morgan fingerprint density at radius 1 is 1.43 bits per heavy atom. The second kappa shape index (κ2) is 7.02. The van der Waals surface area contributed by atoms with Crippen molar-refractivity contribution in [1.82, 2.24) is 5.32 Å². The molecule has 0 heterocycles. The molecule has 2 rings (SSSR count). The number of rotatable bonds is 4. The Labute approximate surface area is 124 Å². The van der Waals surface area contributed by atoms with Gasteiger partial charge in [0, 0.05) is 24.3 Å². The first-order valence-corrected chi connectivity index (χ1v) is 7.27. The summed E-state index contributed by atoms with van der Waals surface area (Å²) in [7, 11) is 0. The third-order valence-electron chi connectivity index (χ3n) is 3.79. The van der Waals surface area contributed by atoms with Crippen LogP contribution < -0.4 is 5.32 Å². The van der Waals surface area contributed by atoms with Gasteiger partial charge in [0.2, 0.25) is 5.91 Å². The van der Waals surface area contributed by atoms with E-state index in [1.165, 1.54) is 24.6 Å². The highest BCUT2D eigenvalue weighted by Crippen LogP contribution is 2.23. The number of amides is 1. The van der Waals surface area contributed by atoms with Gasteiger partial charge in [0.25, 0.3) is 5.69 Å². The van der Waals surface area contributed by atoms with E-state index in [1.807, 2.05) is 0 Å². The summed E-state index contributed by atoms with van der Waals surface area (Å²) in [6.07, 6.45) is 7.49. The van der Waals surface area contributed by atoms with Crippen molar-refractivity contribution in [3.8, 4) is 0 Å². The van der Waals surface area contributed by atoms with Crippen LogP contribution >= 0.6 is 0 Å². The number of nitro groups is 1. The fraction of sp³-hybridized carbons (Fsp3) is 0.438. The van der Waals surface area contributed by atoms with Crippen molar-refractivity contribution in [3.63, 3.8) is 0 Å². The van der Waals surface area contributed by atoms with E-state index >= 15 is 0 Å². The SMILES string of the molecule is CC1CCCC(NC(=O)C=Cc2cccc([N+](=O)[O-])c2)C1. The molecule has 1 aromatic carbocycles. The predicted octanol–water partition coefficient (Wildman–Crippen LogP) is 3.30. The average Bonchev–Trinajstić information content (AvgIpc) is 2.45. The maximum absolute atomic E-state index is 11.9. The second-order valence-electron chi connectivity index (χ2n) is 5.66. The first-order valence-electron chi connectivity index (χ1n) is 7.27. The Hall–Kier alpha value is -2.17. The molecule has 0 radical (unpaired) electrons. The third-order valence-corrected chi connectivity index (χ3v) is 3.79. The largest absolute Gasteiger partial charge is 0.350 e. The molecular formula is C16H20N2O3. The van der Waals surface area contributed by atoms with E-state index in [2.05, 4.69) is 12.2 Å². The zero-order valence-corrected chi connectivity index (χ0v) is 12.1. The lowest BCUT2D eigenvalue weighted by molar-refractivity contribution is -0.384. The number of nitro benzene ring substituents is 1. The lowest BCUT2D eigenvalue weighted by atomic mass is 9.87. The maximum Gasteiger partial charge on any atom is 0.270 e. The van der Waals surface area contributed by atoms with Crippen LogP contribution in [-0.4, -0.2) is 16.9 Å². The molecule has 0 saturated heterocycles. The van der Waals surface area contributed by atoms with Crippen molar-refractivity contribution in [2.24, 2.45) is 5.92 Å². The first-order chi connectivity index (χ1) is 10.0. The normalized spacial score (nSPS) is 22.1. The van der Waals surface area contributed by atoms with Crippen LogP contribution in [0.1, 0.15) is 38.2 Å². The summed E-state index contributed by atoms with van der Waals surface area (Å²) >= 11 is 0. The monoisotopic (exact) mass is 288 g/mol. The van der Waals surface area contributed by atoms with Gasteiger partial charge in [-0.25, -0.2) is 0 Å². The summed E-state index contributed by atoms with van der Waals surface area (Å²) in [6.45, 7) is 2.21. The van der Waals surface area contributed by atoms with Crippen molar-refractivity contribution in [2.45, 2.75) is 38.6 Å². The molecule has 1 aliphatic carbocycles. The van der Waals surface area contributed by atoms with Gasteiger partial charge in [0.05, 0.1) is 4.92 Å². The van der Waals surface area contributed by atoms with Crippen LogP contribution in [0, 0.1) is 16.0 Å². The van der Waals surface area contributed by atoms with Gasteiger partial charge in [-0.3, -0.25) is 14.9 Å². The molecule has 0 bridgehead atoms. The molecule has 0 aromatic heterocycles. The van der Waals surface area contributed by atoms with Crippen LogP contribution in [-0.2, 0) is 4.79 Å². The molecule has 0 aliphatic heterocycles. The molecule has 1 amide bonds. The van der Waals surface area contributed by atoms with Gasteiger partial charge in [0.1, 0.15) is 0 Å². The molecule has 21 heavy (non-hydrogen) atoms. The van der Waals surface area contributed by atoms with Gasteiger partial charge in [-0.1, -0.05) is 31.9 Å². The van der Waals surface area contributed by atoms with E-state index in [4.69, 9.17) is 0 Å². The topological polar surface area (TPSA) is 72.2 Å². The molecule has 1 aliphatic rings. The number of hydrogen-bond donors (Lipinski definition) is 1. The molecule has 1 N–H and O–H groups in total. The summed E-state index contributed by atoms with van der Waals surface area (Å²) in [5.41, 5.74) is 0.676. The van der Waals surface area contributed by atoms with Crippen LogP contribution in [0.4, 0.5) is 5.69 Å². The van der Waals surface area contributed by atoms with E-state index in [0.29, 0.717) is 11.5 Å². The van der Waals surface area contributed by atoms with Crippen molar-refractivity contribution in [2.75, 3.05) is 0 Å². The summed E-state index contributed by atoms with van der Waals surface area (Å²) in [6, 6.07) is 6.47. The zero-order chi connectivity index (χ0) is 15.2. The Morgan fingerprint density at radius 3 is 2.95 bits per heavy atom. The Kier molecular flexibility index (Phi) is 5.09. The van der Waals surface area contributed by atoms with Crippen LogP contribution in [0.15, 0.2) is 30.3 Å². The Balaban J connectivity index is 1.92. The minimum atomic E-state index is -0.444. The molecule has 1 fully saturated rings. The van der Waals surface area contributed by atoms with E-state index in [1.54, 1.807) is 18.2 Å². The highest BCUT2D eigenvalue weighted by Gasteiger charge is 2.19. The molecule has 5 heteroatoms. The number of nitrogens with zero attached hydrogens (tertiary/aromatic N) is 1. The van der Waals surface area contributed by atoms with Gasteiger partial charge in [-0.05, 0) is 30.4 Å². The number of non-ortho nitro benzene ring substituents is 1. The zero-order valence-electron chi connectivity index (χ0n) is 12.1. The van der Waals surface area contributed by atoms with Gasteiger partial charge in [-0.15, -0.1) is 0 Å². The van der Waals surface area contributed by atoms with Crippen molar-refractivity contribution in [3.05, 3.63) is 46.0 Å². The van der Waals surface area contributed by atoms with Gasteiger partial charge in [0.15, 0.2) is 0 Å². The highest BCUT2D eigenvalue weighted by molar-refractivity contribution is 5.92. The summed E-state index contributed by atoms with van der Waals surface area (Å²) < 4.78 is 0. The van der Waals surface area contributed by atoms with Crippen LogP contribution in [0.3, 0.4) is 0 Å². The standard InChI is InChI=1S/C16H20N2O3/c1-12-4-2-6-14(10-12)17-16(19)9-8-13-5-3-7-15(11-13)18(20)21/h3,5,7-9,11-12,14H,2,4,6,10H2,1H3,(H,17,19). The van der Waals surface area contributed by atoms with Gasteiger partial charge in [-0.2, -0.15) is 0 Å². The number of carbonyl (C=O) groups is 1. The van der Waals surface area contributed by atoms with E-state index < -0.39 is 4.92 Å². The summed E-state index contributed by atoms with van der Waals surface area (Å²) in [4.78, 5) is 22.1. The third kappa shape index (κ3) is 4.70. The Morgan fingerprint density at radius 2 is 2.24 bits per heavy atom. The van der Waals surface area contributed by atoms with Crippen LogP contribution in [0.25, 0.3) is 6.08 Å². The lowest BCUT2D eigenvalue weighted by Gasteiger charge is -2.26.